The van der Waals surface area contributed by atoms with Crippen LogP contribution >= 0.6 is 58.0 Å². The summed E-state index contributed by atoms with van der Waals surface area (Å²) in [7, 11) is 0. The van der Waals surface area contributed by atoms with Crippen molar-refractivity contribution in [2.75, 3.05) is 21.3 Å². The van der Waals surface area contributed by atoms with Crippen molar-refractivity contribution in [3.05, 3.63) is 141 Å². The lowest BCUT2D eigenvalue weighted by molar-refractivity contribution is -0.127. The summed E-state index contributed by atoms with van der Waals surface area (Å²) >= 11 is 31.8. The van der Waals surface area contributed by atoms with E-state index in [0.717, 1.165) is 19.4 Å². The maximum atomic E-state index is 13.5. The maximum Gasteiger partial charge on any atom is 0.258 e. The summed E-state index contributed by atoms with van der Waals surface area (Å²) in [5.41, 5.74) is 3.56. The Hall–Kier alpha value is -6.03. The zero-order chi connectivity index (χ0) is 47.5. The number of anilines is 4. The summed E-state index contributed by atoms with van der Waals surface area (Å²) in [5, 5.41) is 25.7. The zero-order valence-corrected chi connectivity index (χ0v) is 39.1. The second-order valence-corrected chi connectivity index (χ2v) is 17.3. The number of hydrogen-bond donors (Lipinski definition) is 4. The molecule has 0 spiro atoms. The summed E-state index contributed by atoms with van der Waals surface area (Å²) in [6.45, 7) is 7.48. The molecular formula is C46H41Cl5N8O6. The molecule has 4 N–H and O–H groups in total. The minimum absolute atomic E-state index is 0.0231. The van der Waals surface area contributed by atoms with Gasteiger partial charge in [-0.1, -0.05) is 59.6 Å². The third-order valence-corrected chi connectivity index (χ3v) is 10.9. The number of rotatable bonds is 17. The Balaban J connectivity index is 1.29. The molecule has 19 heteroatoms. The first-order valence-corrected chi connectivity index (χ1v) is 21.8. The van der Waals surface area contributed by atoms with E-state index < -0.39 is 52.7 Å². The van der Waals surface area contributed by atoms with Crippen molar-refractivity contribution in [2.24, 2.45) is 20.5 Å². The molecule has 0 saturated heterocycles. The summed E-state index contributed by atoms with van der Waals surface area (Å²) in [6, 6.07) is 23.8. The fourth-order valence-corrected chi connectivity index (χ4v) is 7.01. The van der Waals surface area contributed by atoms with Crippen LogP contribution in [0.1, 0.15) is 88.2 Å². The van der Waals surface area contributed by atoms with Crippen LogP contribution in [0, 0.1) is 0 Å². The van der Waals surface area contributed by atoms with E-state index in [4.69, 9.17) is 58.0 Å². The summed E-state index contributed by atoms with van der Waals surface area (Å²) < 4.78 is 0. The lowest BCUT2D eigenvalue weighted by Gasteiger charge is -2.17. The summed E-state index contributed by atoms with van der Waals surface area (Å²) in [4.78, 5) is 78.6. The number of azo groups is 2. The molecule has 5 aromatic carbocycles. The smallest absolute Gasteiger partial charge is 0.258 e. The molecule has 4 amide bonds. The predicted octanol–water partition coefficient (Wildman–Crippen LogP) is 12.8. The average molecular weight is 979 g/mol. The molecule has 0 aliphatic rings. The number of benzene rings is 5. The number of carbonyl (C=O) groups is 6. The highest BCUT2D eigenvalue weighted by Crippen LogP contribution is 2.34. The number of amides is 4. The van der Waals surface area contributed by atoms with Crippen molar-refractivity contribution in [1.29, 1.82) is 0 Å². The molecule has 0 heterocycles. The van der Waals surface area contributed by atoms with Crippen molar-refractivity contribution < 1.29 is 28.8 Å². The van der Waals surface area contributed by atoms with Gasteiger partial charge in [0.1, 0.15) is 11.4 Å². The number of nitrogens with one attached hydrogen (secondary N) is 4. The highest BCUT2D eigenvalue weighted by Gasteiger charge is 2.27. The van der Waals surface area contributed by atoms with E-state index in [1.54, 1.807) is 69.3 Å². The lowest BCUT2D eigenvalue weighted by atomic mass is 10.1. The lowest BCUT2D eigenvalue weighted by Crippen LogP contribution is -2.32. The fourth-order valence-electron chi connectivity index (χ4n) is 6.14. The number of carbonyl (C=O) groups excluding carboxylic acids is 6. The van der Waals surface area contributed by atoms with Gasteiger partial charge in [-0.05, 0) is 118 Å². The van der Waals surface area contributed by atoms with Gasteiger partial charge in [0.05, 0.1) is 26.2 Å². The van der Waals surface area contributed by atoms with Gasteiger partial charge in [0, 0.05) is 33.9 Å². The standard InChI is InChI=1S/C46H41Cl5N8O6/c1-23(47)31-10-6-8-12-36(31)53-43(62)28-14-17-34(50)39(20-28)56-58-41(26(4)60)45(64)52-30-16-19-38(33(22-30)25(3)49)55-46(65)42(27(5)61)59-57-40-21-29(15-18-35(40)51)44(63)54-37-13-9-7-11-32(37)24(2)48/h6-25,41-42H,1-5H3,(H,52,64)(H,53,62)(H,54,63)(H,55,65). The number of Topliss-reactive ketones (excluding diaryl/α,β-unsaturated/α-hetero) is 2. The van der Waals surface area contributed by atoms with E-state index in [1.165, 1.54) is 54.6 Å². The Kier molecular flexibility index (Phi) is 17.5. The van der Waals surface area contributed by atoms with Gasteiger partial charge in [-0.25, -0.2) is 0 Å². The van der Waals surface area contributed by atoms with Crippen molar-refractivity contribution in [3.8, 4) is 0 Å². The van der Waals surface area contributed by atoms with Crippen LogP contribution in [0.4, 0.5) is 34.1 Å². The molecular weight excluding hydrogens is 938 g/mol. The van der Waals surface area contributed by atoms with E-state index in [0.29, 0.717) is 22.5 Å². The number of alkyl halides is 3. The molecule has 0 aromatic heterocycles. The van der Waals surface area contributed by atoms with Crippen LogP contribution in [-0.4, -0.2) is 47.3 Å². The van der Waals surface area contributed by atoms with Gasteiger partial charge < -0.3 is 21.3 Å². The second kappa shape index (κ2) is 22.7. The fraction of sp³-hybridized carbons (Fsp3) is 0.217. The molecule has 5 unspecified atom stereocenters. The number of ketones is 2. The number of para-hydroxylation sites is 2. The highest BCUT2D eigenvalue weighted by atomic mass is 35.5. The third-order valence-electron chi connectivity index (χ3n) is 9.53. The molecule has 0 aliphatic heterocycles. The molecule has 5 atom stereocenters. The normalized spacial score (nSPS) is 13.6. The Bertz CT molecular complexity index is 2710. The van der Waals surface area contributed by atoms with E-state index in [2.05, 4.69) is 41.7 Å². The third kappa shape index (κ3) is 13.3. The van der Waals surface area contributed by atoms with Gasteiger partial charge in [0.15, 0.2) is 11.6 Å². The molecule has 5 aromatic rings. The van der Waals surface area contributed by atoms with Gasteiger partial charge in [-0.2, -0.15) is 20.5 Å². The first-order chi connectivity index (χ1) is 30.8. The minimum Gasteiger partial charge on any atom is -0.324 e. The molecule has 0 aliphatic carbocycles. The Labute approximate surface area is 399 Å². The van der Waals surface area contributed by atoms with E-state index in [1.807, 2.05) is 0 Å². The van der Waals surface area contributed by atoms with Crippen molar-refractivity contribution in [1.82, 2.24) is 0 Å². The summed E-state index contributed by atoms with van der Waals surface area (Å²) in [6.07, 6.45) is 0. The van der Waals surface area contributed by atoms with Crippen LogP contribution < -0.4 is 21.3 Å². The SMILES string of the molecule is CC(=O)C(N=Nc1cc(C(=O)Nc2ccccc2C(C)Cl)ccc1Cl)C(=O)Nc1ccc(NC(=O)C(N=Nc2cc(C(=O)Nc3ccccc3C(C)Cl)ccc2Cl)C(C)=O)c(C(C)Cl)c1. The molecule has 5 rings (SSSR count). The van der Waals surface area contributed by atoms with Crippen molar-refractivity contribution >= 4 is 127 Å². The average Bonchev–Trinajstić information content (AvgIpc) is 3.25. The number of hydrogen-bond acceptors (Lipinski definition) is 10. The quantitative estimate of drug-likeness (QED) is 0.0406. The Morgan fingerprint density at radius 1 is 0.477 bits per heavy atom. The predicted molar refractivity (Wildman–Crippen MR) is 256 cm³/mol. The van der Waals surface area contributed by atoms with Crippen LogP contribution in [0.3, 0.4) is 0 Å². The van der Waals surface area contributed by atoms with E-state index in [-0.39, 0.29) is 54.7 Å². The van der Waals surface area contributed by atoms with Gasteiger partial charge in [-0.15, -0.1) is 34.8 Å². The molecule has 14 nitrogen and oxygen atoms in total. The van der Waals surface area contributed by atoms with E-state index >= 15 is 0 Å². The van der Waals surface area contributed by atoms with Crippen LogP contribution in [0.15, 0.2) is 124 Å². The Morgan fingerprint density at radius 3 is 1.29 bits per heavy atom. The largest absolute Gasteiger partial charge is 0.324 e. The minimum atomic E-state index is -1.64. The zero-order valence-electron chi connectivity index (χ0n) is 35.3. The molecule has 0 radical (unpaired) electrons. The number of halogens is 5. The van der Waals surface area contributed by atoms with Gasteiger partial charge in [0.25, 0.3) is 23.6 Å². The van der Waals surface area contributed by atoms with Crippen LogP contribution in [0.5, 0.6) is 0 Å². The molecule has 0 saturated carbocycles. The van der Waals surface area contributed by atoms with Crippen LogP contribution in [0.25, 0.3) is 0 Å². The highest BCUT2D eigenvalue weighted by molar-refractivity contribution is 6.33. The van der Waals surface area contributed by atoms with Gasteiger partial charge >= 0.3 is 0 Å². The Morgan fingerprint density at radius 2 is 0.877 bits per heavy atom. The first-order valence-electron chi connectivity index (χ1n) is 19.7. The van der Waals surface area contributed by atoms with Crippen molar-refractivity contribution in [2.45, 2.75) is 62.8 Å². The van der Waals surface area contributed by atoms with Crippen molar-refractivity contribution in [3.63, 3.8) is 0 Å². The topological polar surface area (TPSA) is 200 Å². The molecule has 336 valence electrons. The first kappa shape index (κ1) is 50.0. The van der Waals surface area contributed by atoms with Gasteiger partial charge in [-0.3, -0.25) is 28.8 Å². The molecule has 0 bridgehead atoms. The van der Waals surface area contributed by atoms with Crippen LogP contribution in [-0.2, 0) is 19.2 Å². The summed E-state index contributed by atoms with van der Waals surface area (Å²) in [5.74, 6) is -3.99. The number of nitrogens with zero attached hydrogens (tertiary/aromatic N) is 4. The molecule has 65 heavy (non-hydrogen) atoms. The maximum absolute atomic E-state index is 13.5. The van der Waals surface area contributed by atoms with Gasteiger partial charge in [0.2, 0.25) is 12.1 Å². The molecule has 0 fully saturated rings. The van der Waals surface area contributed by atoms with E-state index in [9.17, 15) is 28.8 Å². The van der Waals surface area contributed by atoms with Crippen LogP contribution in [0.2, 0.25) is 10.0 Å². The second-order valence-electron chi connectivity index (χ2n) is 14.5. The monoisotopic (exact) mass is 976 g/mol.